The van der Waals surface area contributed by atoms with Gasteiger partial charge in [-0.2, -0.15) is 4.31 Å². The van der Waals surface area contributed by atoms with Crippen molar-refractivity contribution in [1.29, 1.82) is 0 Å². The van der Waals surface area contributed by atoms with Crippen molar-refractivity contribution in [3.63, 3.8) is 0 Å². The fourth-order valence-corrected chi connectivity index (χ4v) is 4.40. The maximum atomic E-state index is 12.7. The number of rotatable bonds is 3. The zero-order valence-electron chi connectivity index (χ0n) is 11.8. The third kappa shape index (κ3) is 3.20. The van der Waals surface area contributed by atoms with E-state index in [2.05, 4.69) is 15.9 Å². The van der Waals surface area contributed by atoms with E-state index in [9.17, 15) is 13.2 Å². The number of halogens is 1. The van der Waals surface area contributed by atoms with Crippen LogP contribution in [0.1, 0.15) is 29.3 Å². The van der Waals surface area contributed by atoms with Gasteiger partial charge in [-0.05, 0) is 38.0 Å². The highest BCUT2D eigenvalue weighted by Crippen LogP contribution is 2.29. The van der Waals surface area contributed by atoms with Crippen LogP contribution < -0.4 is 0 Å². The van der Waals surface area contributed by atoms with Crippen LogP contribution in [0, 0.1) is 6.92 Å². The highest BCUT2D eigenvalue weighted by Gasteiger charge is 2.28. The van der Waals surface area contributed by atoms with Crippen LogP contribution in [0.15, 0.2) is 33.2 Å². The molecule has 0 amide bonds. The summed E-state index contributed by atoms with van der Waals surface area (Å²) in [4.78, 5) is 11.2. The third-order valence-electron chi connectivity index (χ3n) is 3.56. The summed E-state index contributed by atoms with van der Waals surface area (Å²) in [7, 11) is -3.70. The molecule has 21 heavy (non-hydrogen) atoms. The Morgan fingerprint density at radius 2 is 2.00 bits per heavy atom. The number of carboxylic acids is 1. The first kappa shape index (κ1) is 16.2. The van der Waals surface area contributed by atoms with Crippen molar-refractivity contribution in [2.24, 2.45) is 0 Å². The topological polar surface area (TPSA) is 74.7 Å². The van der Waals surface area contributed by atoms with Crippen LogP contribution in [0.4, 0.5) is 0 Å². The lowest BCUT2D eigenvalue weighted by Gasteiger charge is -2.25. The zero-order valence-corrected chi connectivity index (χ0v) is 14.2. The van der Waals surface area contributed by atoms with Gasteiger partial charge < -0.3 is 5.11 Å². The third-order valence-corrected chi connectivity index (χ3v) is 6.38. The van der Waals surface area contributed by atoms with E-state index in [4.69, 9.17) is 5.11 Å². The van der Waals surface area contributed by atoms with E-state index in [1.54, 1.807) is 6.92 Å². The van der Waals surface area contributed by atoms with Gasteiger partial charge in [0.25, 0.3) is 0 Å². The highest BCUT2D eigenvalue weighted by molar-refractivity contribution is 9.10. The predicted molar refractivity (Wildman–Crippen MR) is 83.0 cm³/mol. The van der Waals surface area contributed by atoms with Crippen molar-refractivity contribution in [1.82, 2.24) is 4.31 Å². The number of hydrogen-bond acceptors (Lipinski definition) is 3. The molecule has 1 aliphatic rings. The first-order valence-electron chi connectivity index (χ1n) is 6.42. The summed E-state index contributed by atoms with van der Waals surface area (Å²) in [5.74, 6) is -1.15. The Balaban J connectivity index is 2.52. The van der Waals surface area contributed by atoms with Crippen LogP contribution in [0.3, 0.4) is 0 Å². The number of aromatic carboxylic acids is 1. The summed E-state index contributed by atoms with van der Waals surface area (Å²) < 4.78 is 27.3. The molecule has 0 atom stereocenters. The summed E-state index contributed by atoms with van der Waals surface area (Å²) in [5, 5.41) is 9.10. The van der Waals surface area contributed by atoms with Crippen molar-refractivity contribution in [3.8, 4) is 0 Å². The molecule has 0 bridgehead atoms. The molecule has 0 saturated heterocycles. The summed E-state index contributed by atoms with van der Waals surface area (Å²) in [6.45, 7) is 4.37. The maximum Gasteiger partial charge on any atom is 0.335 e. The molecule has 1 aromatic rings. The first-order chi connectivity index (χ1) is 9.73. The van der Waals surface area contributed by atoms with Crippen molar-refractivity contribution in [2.75, 3.05) is 13.1 Å². The fraction of sp³-hybridized carbons (Fsp3) is 0.357. The smallest absolute Gasteiger partial charge is 0.335 e. The average molecular weight is 374 g/mol. The molecule has 1 aromatic carbocycles. The zero-order chi connectivity index (χ0) is 15.8. The van der Waals surface area contributed by atoms with Gasteiger partial charge in [-0.3, -0.25) is 0 Å². The van der Waals surface area contributed by atoms with E-state index in [-0.39, 0.29) is 10.5 Å². The molecule has 0 aliphatic carbocycles. The predicted octanol–water partition coefficient (Wildman–Crippen LogP) is 2.80. The van der Waals surface area contributed by atoms with Crippen LogP contribution in [-0.2, 0) is 10.0 Å². The van der Waals surface area contributed by atoms with Gasteiger partial charge >= 0.3 is 5.97 Å². The Kier molecular flexibility index (Phi) is 4.55. The second kappa shape index (κ2) is 5.90. The van der Waals surface area contributed by atoms with E-state index < -0.39 is 16.0 Å². The van der Waals surface area contributed by atoms with Crippen LogP contribution in [0.25, 0.3) is 0 Å². The summed E-state index contributed by atoms with van der Waals surface area (Å²) in [6.07, 6.45) is 2.57. The molecule has 0 unspecified atom stereocenters. The lowest BCUT2D eigenvalue weighted by Crippen LogP contribution is -2.35. The standard InChI is InChI=1S/C14H16BrNO4S/c1-9-3-5-16(6-4-9)21(19,20)13-8-11(14(17)18)7-12(15)10(13)2/h3,7-8H,4-6H2,1-2H3,(H,17,18). The number of hydrogen-bond donors (Lipinski definition) is 1. The van der Waals surface area contributed by atoms with E-state index >= 15 is 0 Å². The molecule has 1 heterocycles. The molecule has 0 spiro atoms. The maximum absolute atomic E-state index is 12.7. The number of sulfonamides is 1. The van der Waals surface area contributed by atoms with Gasteiger partial charge in [-0.1, -0.05) is 27.6 Å². The normalized spacial score (nSPS) is 16.6. The molecule has 1 N–H and O–H groups in total. The molecular weight excluding hydrogens is 358 g/mol. The second-order valence-corrected chi connectivity index (χ2v) is 7.81. The Morgan fingerprint density at radius 1 is 1.33 bits per heavy atom. The molecular formula is C14H16BrNO4S. The molecule has 0 aromatic heterocycles. The van der Waals surface area contributed by atoms with Gasteiger partial charge in [0.1, 0.15) is 0 Å². The number of carboxylic acid groups (broad SMARTS) is 1. The van der Waals surface area contributed by atoms with Crippen LogP contribution >= 0.6 is 15.9 Å². The Hall–Kier alpha value is -1.18. The van der Waals surface area contributed by atoms with E-state index in [0.717, 1.165) is 0 Å². The number of nitrogens with zero attached hydrogens (tertiary/aromatic N) is 1. The Labute approximate surface area is 132 Å². The minimum absolute atomic E-state index is 0.0437. The molecule has 5 nitrogen and oxygen atoms in total. The number of carbonyl (C=O) groups is 1. The van der Waals surface area contributed by atoms with E-state index in [1.807, 2.05) is 13.0 Å². The molecule has 7 heteroatoms. The highest BCUT2D eigenvalue weighted by atomic mass is 79.9. The SMILES string of the molecule is CC1=CCN(S(=O)(=O)c2cc(C(=O)O)cc(Br)c2C)CC1. The van der Waals surface area contributed by atoms with Crippen molar-refractivity contribution >= 4 is 31.9 Å². The summed E-state index contributed by atoms with van der Waals surface area (Å²) in [6, 6.07) is 2.64. The molecule has 114 valence electrons. The molecule has 2 rings (SSSR count). The quantitative estimate of drug-likeness (QED) is 0.826. The Morgan fingerprint density at radius 3 is 2.52 bits per heavy atom. The van der Waals surface area contributed by atoms with Crippen molar-refractivity contribution in [3.05, 3.63) is 39.4 Å². The summed E-state index contributed by atoms with van der Waals surface area (Å²) >= 11 is 3.23. The number of benzene rings is 1. The van der Waals surface area contributed by atoms with Gasteiger partial charge in [0.15, 0.2) is 0 Å². The van der Waals surface area contributed by atoms with E-state index in [1.165, 1.54) is 22.0 Å². The van der Waals surface area contributed by atoms with Gasteiger partial charge in [0.2, 0.25) is 10.0 Å². The van der Waals surface area contributed by atoms with Gasteiger partial charge in [0, 0.05) is 17.6 Å². The average Bonchev–Trinajstić information content (AvgIpc) is 2.41. The van der Waals surface area contributed by atoms with Crippen LogP contribution in [0.5, 0.6) is 0 Å². The largest absolute Gasteiger partial charge is 0.478 e. The fourth-order valence-electron chi connectivity index (χ4n) is 2.15. The molecule has 0 radical (unpaired) electrons. The monoisotopic (exact) mass is 373 g/mol. The first-order valence-corrected chi connectivity index (χ1v) is 8.66. The van der Waals surface area contributed by atoms with Crippen molar-refractivity contribution in [2.45, 2.75) is 25.2 Å². The second-order valence-electron chi connectivity index (χ2n) is 5.05. The van der Waals surface area contributed by atoms with Gasteiger partial charge in [-0.25, -0.2) is 13.2 Å². The van der Waals surface area contributed by atoms with E-state index in [0.29, 0.717) is 29.5 Å². The minimum atomic E-state index is -3.70. The Bertz CT molecular complexity index is 725. The lowest BCUT2D eigenvalue weighted by atomic mass is 10.1. The summed E-state index contributed by atoms with van der Waals surface area (Å²) in [5.41, 5.74) is 1.64. The van der Waals surface area contributed by atoms with Crippen molar-refractivity contribution < 1.29 is 18.3 Å². The minimum Gasteiger partial charge on any atom is -0.478 e. The van der Waals surface area contributed by atoms with Gasteiger partial charge in [0.05, 0.1) is 10.5 Å². The molecule has 0 fully saturated rings. The van der Waals surface area contributed by atoms with Crippen LogP contribution in [0.2, 0.25) is 0 Å². The van der Waals surface area contributed by atoms with Gasteiger partial charge in [-0.15, -0.1) is 0 Å². The molecule has 1 aliphatic heterocycles. The molecule has 0 saturated carbocycles. The lowest BCUT2D eigenvalue weighted by molar-refractivity contribution is 0.0696. The van der Waals surface area contributed by atoms with Crippen LogP contribution in [-0.4, -0.2) is 36.9 Å².